The fraction of sp³-hybridized carbons (Fsp3) is 0.300. The molecule has 0 amide bonds. The Kier molecular flexibility index (Phi) is 5.01. The number of benzene rings is 1. The Morgan fingerprint density at radius 3 is 2.39 bits per heavy atom. The van der Waals surface area contributed by atoms with Gasteiger partial charge in [-0.3, -0.25) is 9.69 Å². The third kappa shape index (κ3) is 3.71. The molecular formula is C20H22N4O3S. The number of piperazine rings is 1. The lowest BCUT2D eigenvalue weighted by molar-refractivity contribution is 0.101. The average molecular weight is 398 g/mol. The van der Waals surface area contributed by atoms with Gasteiger partial charge < -0.3 is 0 Å². The van der Waals surface area contributed by atoms with Gasteiger partial charge in [-0.15, -0.1) is 0 Å². The van der Waals surface area contributed by atoms with E-state index in [0.717, 1.165) is 11.2 Å². The lowest BCUT2D eigenvalue weighted by atomic mass is 10.2. The summed E-state index contributed by atoms with van der Waals surface area (Å²) in [5.41, 5.74) is 2.53. The zero-order valence-corrected chi connectivity index (χ0v) is 16.5. The monoisotopic (exact) mass is 398 g/mol. The van der Waals surface area contributed by atoms with Crippen molar-refractivity contribution < 1.29 is 13.2 Å². The molecule has 4 rings (SSSR count). The van der Waals surface area contributed by atoms with Crippen molar-refractivity contribution in [3.05, 3.63) is 66.0 Å². The maximum Gasteiger partial charge on any atom is 0.243 e. The van der Waals surface area contributed by atoms with Crippen LogP contribution in [0.4, 0.5) is 0 Å². The van der Waals surface area contributed by atoms with Crippen molar-refractivity contribution >= 4 is 21.3 Å². The summed E-state index contributed by atoms with van der Waals surface area (Å²) in [6, 6.07) is 14.1. The van der Waals surface area contributed by atoms with Gasteiger partial charge in [0.05, 0.1) is 16.1 Å². The smallest absolute Gasteiger partial charge is 0.243 e. The van der Waals surface area contributed by atoms with E-state index in [1.54, 1.807) is 12.1 Å². The van der Waals surface area contributed by atoms with E-state index in [1.165, 1.54) is 23.4 Å². The third-order valence-corrected chi connectivity index (χ3v) is 6.95. The Hall–Kier alpha value is -2.55. The zero-order chi connectivity index (χ0) is 19.7. The molecule has 0 atom stereocenters. The highest BCUT2D eigenvalue weighted by Gasteiger charge is 2.28. The molecule has 1 aliphatic heterocycles. The van der Waals surface area contributed by atoms with Gasteiger partial charge in [-0.1, -0.05) is 18.2 Å². The molecule has 0 spiro atoms. The van der Waals surface area contributed by atoms with Gasteiger partial charge in [-0.25, -0.2) is 12.9 Å². The number of fused-ring (bicyclic) bond motifs is 1. The van der Waals surface area contributed by atoms with Crippen molar-refractivity contribution in [2.24, 2.45) is 0 Å². The molecule has 3 heterocycles. The third-order valence-electron chi connectivity index (χ3n) is 5.04. The van der Waals surface area contributed by atoms with Gasteiger partial charge in [0.2, 0.25) is 10.0 Å². The normalized spacial score (nSPS) is 16.5. The van der Waals surface area contributed by atoms with Crippen LogP contribution in [-0.4, -0.2) is 59.2 Å². The summed E-state index contributed by atoms with van der Waals surface area (Å²) in [4.78, 5) is 13.8. The van der Waals surface area contributed by atoms with E-state index >= 15 is 0 Å². The van der Waals surface area contributed by atoms with Crippen LogP contribution in [0.2, 0.25) is 0 Å². The molecule has 1 saturated heterocycles. The molecule has 146 valence electrons. The van der Waals surface area contributed by atoms with Gasteiger partial charge in [-0.05, 0) is 37.3 Å². The Morgan fingerprint density at radius 2 is 1.75 bits per heavy atom. The van der Waals surface area contributed by atoms with E-state index in [-0.39, 0.29) is 10.7 Å². The van der Waals surface area contributed by atoms with Crippen molar-refractivity contribution in [1.29, 1.82) is 0 Å². The summed E-state index contributed by atoms with van der Waals surface area (Å²) in [7, 11) is -3.55. The molecule has 3 aromatic rings. The quantitative estimate of drug-likeness (QED) is 0.615. The van der Waals surface area contributed by atoms with Crippen molar-refractivity contribution in [2.45, 2.75) is 18.4 Å². The molecular weight excluding hydrogens is 376 g/mol. The molecule has 28 heavy (non-hydrogen) atoms. The minimum atomic E-state index is -3.55. The van der Waals surface area contributed by atoms with Crippen LogP contribution in [0.1, 0.15) is 23.0 Å². The van der Waals surface area contributed by atoms with Gasteiger partial charge in [0.25, 0.3) is 0 Å². The van der Waals surface area contributed by atoms with Crippen LogP contribution in [0.25, 0.3) is 5.52 Å². The number of hydrogen-bond donors (Lipinski definition) is 0. The molecule has 0 unspecified atom stereocenters. The first-order valence-electron chi connectivity index (χ1n) is 9.20. The molecule has 2 aromatic heterocycles. The van der Waals surface area contributed by atoms with E-state index in [4.69, 9.17) is 0 Å². The number of aromatic nitrogens is 2. The molecule has 1 aromatic carbocycles. The van der Waals surface area contributed by atoms with Gasteiger partial charge in [0.15, 0.2) is 5.78 Å². The van der Waals surface area contributed by atoms with Crippen LogP contribution in [0.3, 0.4) is 0 Å². The molecule has 0 aliphatic carbocycles. The van der Waals surface area contributed by atoms with E-state index in [1.807, 2.05) is 28.9 Å². The van der Waals surface area contributed by atoms with Crippen molar-refractivity contribution in [3.8, 4) is 0 Å². The maximum absolute atomic E-state index is 12.9. The molecule has 0 radical (unpaired) electrons. The summed E-state index contributed by atoms with van der Waals surface area (Å²) < 4.78 is 29.1. The van der Waals surface area contributed by atoms with E-state index in [0.29, 0.717) is 38.3 Å². The first-order valence-corrected chi connectivity index (χ1v) is 10.6. The predicted octanol–water partition coefficient (Wildman–Crippen LogP) is 2.04. The van der Waals surface area contributed by atoms with Gasteiger partial charge >= 0.3 is 0 Å². The fourth-order valence-electron chi connectivity index (χ4n) is 3.44. The summed E-state index contributed by atoms with van der Waals surface area (Å²) >= 11 is 0. The minimum absolute atomic E-state index is 0.0792. The minimum Gasteiger partial charge on any atom is -0.295 e. The topological polar surface area (TPSA) is 75.0 Å². The van der Waals surface area contributed by atoms with Crippen LogP contribution in [-0.2, 0) is 16.6 Å². The highest BCUT2D eigenvalue weighted by Crippen LogP contribution is 2.19. The van der Waals surface area contributed by atoms with E-state index in [9.17, 15) is 13.2 Å². The number of pyridine rings is 1. The number of hydrogen-bond acceptors (Lipinski definition) is 5. The Morgan fingerprint density at radius 1 is 1.04 bits per heavy atom. The second-order valence-corrected chi connectivity index (χ2v) is 8.90. The number of sulfonamides is 1. The van der Waals surface area contributed by atoms with Gasteiger partial charge in [0, 0.05) is 44.5 Å². The lowest BCUT2D eigenvalue weighted by Gasteiger charge is -2.33. The number of carbonyl (C=O) groups is 1. The highest BCUT2D eigenvalue weighted by molar-refractivity contribution is 7.89. The molecule has 8 heteroatoms. The molecule has 0 saturated carbocycles. The van der Waals surface area contributed by atoms with Crippen LogP contribution < -0.4 is 0 Å². The zero-order valence-electron chi connectivity index (χ0n) is 15.7. The molecule has 7 nitrogen and oxygen atoms in total. The molecule has 1 aliphatic rings. The summed E-state index contributed by atoms with van der Waals surface area (Å²) in [5, 5.41) is 4.56. The van der Waals surface area contributed by atoms with Crippen LogP contribution in [0.5, 0.6) is 0 Å². The van der Waals surface area contributed by atoms with Crippen molar-refractivity contribution in [2.75, 3.05) is 26.2 Å². The predicted molar refractivity (Wildman–Crippen MR) is 106 cm³/mol. The maximum atomic E-state index is 12.9. The number of Topliss-reactive ketones (excluding diaryl/α,β-unsaturated/α-hetero) is 1. The Labute approximate surface area is 164 Å². The van der Waals surface area contributed by atoms with Crippen LogP contribution in [0.15, 0.2) is 59.6 Å². The SMILES string of the molecule is CC(=O)c1ccc(S(=O)(=O)N2CCN(Cc3cc4ccccn4n3)CC2)cc1. The summed E-state index contributed by atoms with van der Waals surface area (Å²) in [5.74, 6) is -0.0792. The molecule has 0 N–H and O–H groups in total. The van der Waals surface area contributed by atoms with Crippen LogP contribution >= 0.6 is 0 Å². The average Bonchev–Trinajstić information content (AvgIpc) is 3.10. The number of rotatable bonds is 5. The fourth-order valence-corrected chi connectivity index (χ4v) is 4.86. The Bertz CT molecular complexity index is 1060. The number of nitrogens with zero attached hydrogens (tertiary/aromatic N) is 4. The first kappa shape index (κ1) is 18.8. The number of carbonyl (C=O) groups excluding carboxylic acids is 1. The summed E-state index contributed by atoms with van der Waals surface area (Å²) in [6.45, 7) is 4.33. The van der Waals surface area contributed by atoms with E-state index < -0.39 is 10.0 Å². The molecule has 1 fully saturated rings. The first-order chi connectivity index (χ1) is 13.4. The van der Waals surface area contributed by atoms with Gasteiger partial charge in [-0.2, -0.15) is 9.40 Å². The second kappa shape index (κ2) is 7.46. The largest absolute Gasteiger partial charge is 0.295 e. The highest BCUT2D eigenvalue weighted by atomic mass is 32.2. The van der Waals surface area contributed by atoms with Crippen molar-refractivity contribution in [1.82, 2.24) is 18.8 Å². The lowest BCUT2D eigenvalue weighted by Crippen LogP contribution is -2.48. The number of ketones is 1. The Balaban J connectivity index is 1.40. The van der Waals surface area contributed by atoms with Crippen LogP contribution in [0, 0.1) is 0 Å². The van der Waals surface area contributed by atoms with Gasteiger partial charge in [0.1, 0.15) is 0 Å². The van der Waals surface area contributed by atoms with E-state index in [2.05, 4.69) is 16.1 Å². The summed E-state index contributed by atoms with van der Waals surface area (Å²) in [6.07, 6.45) is 1.92. The second-order valence-electron chi connectivity index (χ2n) is 6.97. The standard InChI is InChI=1S/C20H22N4O3S/c1-16(25)17-5-7-20(8-6-17)28(26,27)23-12-10-22(11-13-23)15-18-14-19-4-2-3-9-24(19)21-18/h2-9,14H,10-13,15H2,1H3. The van der Waals surface area contributed by atoms with Crippen molar-refractivity contribution in [3.63, 3.8) is 0 Å². The molecule has 0 bridgehead atoms.